The lowest BCUT2D eigenvalue weighted by Gasteiger charge is -2.24. The van der Waals surface area contributed by atoms with Crippen molar-refractivity contribution >= 4 is 21.5 Å². The molecule has 4 rings (SSSR count). The Morgan fingerprint density at radius 2 is 0.725 bits per heavy atom. The Hall–Kier alpha value is -3.98. The number of hydrogen-bond acceptors (Lipinski definition) is 2. The minimum Gasteiger partial charge on any atom is -0.495 e. The van der Waals surface area contributed by atoms with E-state index >= 15 is 8.78 Å². The molecule has 40 heavy (non-hydrogen) atoms. The van der Waals surface area contributed by atoms with E-state index in [1.807, 2.05) is 0 Å². The monoisotopic (exact) mass is 594 g/mol. The summed E-state index contributed by atoms with van der Waals surface area (Å²) >= 11 is 0. The predicted octanol–water partition coefficient (Wildman–Crippen LogP) is 8.83. The first kappa shape index (κ1) is 29.0. The molecule has 4 aromatic carbocycles. The molecule has 4 aromatic rings. The second-order valence-electron chi connectivity index (χ2n) is 8.02. The molecule has 0 atom stereocenters. The molecule has 0 N–H and O–H groups in total. The SMILES string of the molecule is COc1c(C(F)(F)F)cc2c(F)c(F)c(F)c(F)c2c1-c1c(OC)c(C(F)(F)F)cc2c(F)c(F)c(F)c(F)c12. The van der Waals surface area contributed by atoms with Crippen LogP contribution in [0, 0.1) is 46.5 Å². The van der Waals surface area contributed by atoms with Gasteiger partial charge >= 0.3 is 12.4 Å². The van der Waals surface area contributed by atoms with Crippen molar-refractivity contribution in [3.05, 3.63) is 69.8 Å². The average molecular weight is 594 g/mol. The number of fused-ring (bicyclic) bond motifs is 2. The van der Waals surface area contributed by atoms with Gasteiger partial charge in [0.25, 0.3) is 0 Å². The Morgan fingerprint density at radius 1 is 0.450 bits per heavy atom. The van der Waals surface area contributed by atoms with E-state index in [0.29, 0.717) is 14.2 Å². The average Bonchev–Trinajstić information content (AvgIpc) is 2.88. The van der Waals surface area contributed by atoms with Gasteiger partial charge < -0.3 is 9.47 Å². The van der Waals surface area contributed by atoms with Crippen molar-refractivity contribution in [3.63, 3.8) is 0 Å². The first-order chi connectivity index (χ1) is 18.4. The van der Waals surface area contributed by atoms with Crippen LogP contribution in [0.1, 0.15) is 11.1 Å². The fraction of sp³-hybridized carbons (Fsp3) is 0.167. The summed E-state index contributed by atoms with van der Waals surface area (Å²) in [7, 11) is 0.848. The van der Waals surface area contributed by atoms with Crippen molar-refractivity contribution < 1.29 is 70.9 Å². The van der Waals surface area contributed by atoms with Gasteiger partial charge in [-0.2, -0.15) is 26.3 Å². The molecule has 0 radical (unpaired) electrons. The molecule has 0 bridgehead atoms. The predicted molar refractivity (Wildman–Crippen MR) is 110 cm³/mol. The second-order valence-corrected chi connectivity index (χ2v) is 8.02. The quantitative estimate of drug-likeness (QED) is 0.134. The van der Waals surface area contributed by atoms with Gasteiger partial charge in [-0.15, -0.1) is 0 Å². The Kier molecular flexibility index (Phi) is 6.74. The molecule has 0 saturated heterocycles. The van der Waals surface area contributed by atoms with Gasteiger partial charge in [0.15, 0.2) is 46.5 Å². The summed E-state index contributed by atoms with van der Waals surface area (Å²) in [5, 5.41) is -7.00. The molecule has 0 aromatic heterocycles. The van der Waals surface area contributed by atoms with E-state index in [9.17, 15) is 52.7 Å². The van der Waals surface area contributed by atoms with E-state index in [-0.39, 0.29) is 12.1 Å². The first-order valence-electron chi connectivity index (χ1n) is 10.3. The lowest BCUT2D eigenvalue weighted by molar-refractivity contribution is -0.139. The molecule has 0 saturated carbocycles. The molecule has 0 aliphatic carbocycles. The molecule has 214 valence electrons. The zero-order valence-electron chi connectivity index (χ0n) is 19.3. The maximum absolute atomic E-state index is 15.1. The fourth-order valence-electron chi connectivity index (χ4n) is 4.30. The standard InChI is InChI=1S/C24H8F14O2/c1-39-21-7(23(33,34)35)3-5-9(15(27)19(31)17(29)13(5)25)11(21)12-10-6(14(26)18(30)20(32)16(10)28)4-8(22(12)40-2)24(36,37)38/h3-4H,1-2H3. The van der Waals surface area contributed by atoms with Gasteiger partial charge in [-0.05, 0) is 12.1 Å². The number of hydrogen-bond donors (Lipinski definition) is 0. The van der Waals surface area contributed by atoms with Gasteiger partial charge in [0, 0.05) is 32.7 Å². The van der Waals surface area contributed by atoms with Gasteiger partial charge in [-0.25, -0.2) is 35.1 Å². The summed E-state index contributed by atoms with van der Waals surface area (Å²) in [5.74, 6) is -24.1. The molecule has 2 nitrogen and oxygen atoms in total. The third kappa shape index (κ3) is 4.02. The normalized spacial score (nSPS) is 12.5. The lowest BCUT2D eigenvalue weighted by Crippen LogP contribution is -2.13. The van der Waals surface area contributed by atoms with Gasteiger partial charge in [0.05, 0.1) is 25.3 Å². The minimum absolute atomic E-state index is 0.280. The molecule has 0 fully saturated rings. The zero-order valence-corrected chi connectivity index (χ0v) is 19.3. The van der Waals surface area contributed by atoms with Gasteiger partial charge in [-0.3, -0.25) is 0 Å². The molecular weight excluding hydrogens is 586 g/mol. The van der Waals surface area contributed by atoms with E-state index in [2.05, 4.69) is 9.47 Å². The van der Waals surface area contributed by atoms with Crippen LogP contribution in [-0.2, 0) is 12.4 Å². The third-order valence-corrected chi connectivity index (χ3v) is 5.90. The number of alkyl halides is 6. The maximum atomic E-state index is 15.1. The first-order valence-corrected chi connectivity index (χ1v) is 10.3. The highest BCUT2D eigenvalue weighted by molar-refractivity contribution is 6.11. The second kappa shape index (κ2) is 9.30. The van der Waals surface area contributed by atoms with Crippen LogP contribution in [0.4, 0.5) is 61.5 Å². The van der Waals surface area contributed by atoms with Crippen LogP contribution in [0.2, 0.25) is 0 Å². The van der Waals surface area contributed by atoms with Crippen LogP contribution in [0.3, 0.4) is 0 Å². The van der Waals surface area contributed by atoms with Crippen LogP contribution < -0.4 is 9.47 Å². The van der Waals surface area contributed by atoms with Crippen molar-refractivity contribution in [1.29, 1.82) is 0 Å². The Morgan fingerprint density at radius 3 is 0.975 bits per heavy atom. The fourth-order valence-corrected chi connectivity index (χ4v) is 4.30. The minimum atomic E-state index is -5.64. The van der Waals surface area contributed by atoms with Crippen molar-refractivity contribution in [1.82, 2.24) is 0 Å². The molecule has 0 amide bonds. The molecule has 0 aliphatic rings. The van der Waals surface area contributed by atoms with Gasteiger partial charge in [0.2, 0.25) is 0 Å². The summed E-state index contributed by atoms with van der Waals surface area (Å²) in [6.45, 7) is 0. The van der Waals surface area contributed by atoms with Gasteiger partial charge in [0.1, 0.15) is 11.5 Å². The van der Waals surface area contributed by atoms with E-state index < -0.39 is 114 Å². The van der Waals surface area contributed by atoms with Crippen LogP contribution in [-0.4, -0.2) is 14.2 Å². The summed E-state index contributed by atoms with van der Waals surface area (Å²) in [4.78, 5) is 0. The summed E-state index contributed by atoms with van der Waals surface area (Å²) < 4.78 is 209. The zero-order chi connectivity index (χ0) is 30.2. The summed E-state index contributed by atoms with van der Waals surface area (Å²) in [6, 6.07) is -0.559. The Bertz CT molecular complexity index is 1590. The number of methoxy groups -OCH3 is 2. The molecule has 16 heteroatoms. The molecule has 0 aliphatic heterocycles. The highest BCUT2D eigenvalue weighted by Crippen LogP contribution is 2.55. The van der Waals surface area contributed by atoms with Crippen LogP contribution in [0.15, 0.2) is 12.1 Å². The maximum Gasteiger partial charge on any atom is 0.420 e. The lowest BCUT2D eigenvalue weighted by atomic mass is 9.87. The van der Waals surface area contributed by atoms with Crippen molar-refractivity contribution in [2.75, 3.05) is 14.2 Å². The van der Waals surface area contributed by atoms with Crippen LogP contribution in [0.5, 0.6) is 11.5 Å². The number of ether oxygens (including phenoxy) is 2. The Labute approximate surface area is 212 Å². The van der Waals surface area contributed by atoms with E-state index in [0.717, 1.165) is 0 Å². The summed E-state index contributed by atoms with van der Waals surface area (Å²) in [6.07, 6.45) is -11.3. The molecule has 0 heterocycles. The van der Waals surface area contributed by atoms with E-state index in [4.69, 9.17) is 0 Å². The molecule has 0 unspecified atom stereocenters. The molecular formula is C24H8F14O2. The third-order valence-electron chi connectivity index (χ3n) is 5.90. The van der Waals surface area contributed by atoms with Crippen molar-refractivity contribution in [2.45, 2.75) is 12.4 Å². The van der Waals surface area contributed by atoms with E-state index in [1.54, 1.807) is 0 Å². The highest BCUT2D eigenvalue weighted by Gasteiger charge is 2.43. The van der Waals surface area contributed by atoms with Crippen molar-refractivity contribution in [3.8, 4) is 22.6 Å². The largest absolute Gasteiger partial charge is 0.495 e. The number of rotatable bonds is 3. The number of halogens is 14. The molecule has 0 spiro atoms. The summed E-state index contributed by atoms with van der Waals surface area (Å²) in [5.41, 5.74) is -7.84. The topological polar surface area (TPSA) is 18.5 Å². The number of benzene rings is 4. The Balaban J connectivity index is 2.55. The van der Waals surface area contributed by atoms with Crippen LogP contribution in [0.25, 0.3) is 32.7 Å². The van der Waals surface area contributed by atoms with E-state index in [1.165, 1.54) is 0 Å². The van der Waals surface area contributed by atoms with Crippen molar-refractivity contribution in [2.24, 2.45) is 0 Å². The smallest absolute Gasteiger partial charge is 0.420 e. The highest BCUT2D eigenvalue weighted by atomic mass is 19.4. The van der Waals surface area contributed by atoms with Crippen LogP contribution >= 0.6 is 0 Å². The van der Waals surface area contributed by atoms with Gasteiger partial charge in [-0.1, -0.05) is 0 Å².